The van der Waals surface area contributed by atoms with Crippen LogP contribution in [0.15, 0.2) is 0 Å². The smallest absolute Gasteiger partial charge is 0.162 e. The van der Waals surface area contributed by atoms with E-state index in [1.165, 1.54) is 0 Å². The molecular weight excluding hydrogens is 272 g/mol. The SMILES string of the molecule is CCCOCCCCOC(CC(OCC)OCC)OCC. The van der Waals surface area contributed by atoms with Crippen molar-refractivity contribution in [2.24, 2.45) is 0 Å². The number of hydrogen-bond donors (Lipinski definition) is 0. The second-order valence-electron chi connectivity index (χ2n) is 4.65. The van der Waals surface area contributed by atoms with E-state index in [1.807, 2.05) is 20.8 Å². The van der Waals surface area contributed by atoms with Crippen molar-refractivity contribution in [1.29, 1.82) is 0 Å². The molecule has 0 aromatic heterocycles. The third-order valence-corrected chi connectivity index (χ3v) is 2.78. The van der Waals surface area contributed by atoms with Crippen molar-refractivity contribution in [2.75, 3.05) is 39.6 Å². The molecule has 0 aromatic carbocycles. The van der Waals surface area contributed by atoms with Gasteiger partial charge in [-0.1, -0.05) is 6.92 Å². The number of ether oxygens (including phenoxy) is 5. The second-order valence-corrected chi connectivity index (χ2v) is 4.65. The largest absolute Gasteiger partial charge is 0.381 e. The molecule has 128 valence electrons. The Bertz CT molecular complexity index is 195. The van der Waals surface area contributed by atoms with Crippen LogP contribution in [0.4, 0.5) is 0 Å². The van der Waals surface area contributed by atoms with Gasteiger partial charge in [0.25, 0.3) is 0 Å². The topological polar surface area (TPSA) is 46.2 Å². The number of unbranched alkanes of at least 4 members (excludes halogenated alkanes) is 1. The molecule has 5 nitrogen and oxygen atoms in total. The summed E-state index contributed by atoms with van der Waals surface area (Å²) in [5, 5.41) is 0. The quantitative estimate of drug-likeness (QED) is 0.323. The van der Waals surface area contributed by atoms with Gasteiger partial charge in [0.05, 0.1) is 0 Å². The molecular formula is C16H34O5. The summed E-state index contributed by atoms with van der Waals surface area (Å²) in [4.78, 5) is 0. The van der Waals surface area contributed by atoms with E-state index in [0.717, 1.165) is 32.5 Å². The molecule has 0 aliphatic rings. The second kappa shape index (κ2) is 16.2. The summed E-state index contributed by atoms with van der Waals surface area (Å²) in [6.45, 7) is 12.2. The molecule has 0 aliphatic heterocycles. The van der Waals surface area contributed by atoms with Gasteiger partial charge in [0.15, 0.2) is 12.6 Å². The molecule has 1 unspecified atom stereocenters. The maximum absolute atomic E-state index is 5.77. The van der Waals surface area contributed by atoms with Crippen LogP contribution in [0.25, 0.3) is 0 Å². The fourth-order valence-corrected chi connectivity index (χ4v) is 1.85. The van der Waals surface area contributed by atoms with Crippen LogP contribution in [0.1, 0.15) is 53.4 Å². The Morgan fingerprint density at radius 3 is 1.67 bits per heavy atom. The Balaban J connectivity index is 3.83. The first-order valence-electron chi connectivity index (χ1n) is 8.32. The van der Waals surface area contributed by atoms with Crippen LogP contribution >= 0.6 is 0 Å². The van der Waals surface area contributed by atoms with E-state index in [4.69, 9.17) is 23.7 Å². The van der Waals surface area contributed by atoms with Gasteiger partial charge in [-0.3, -0.25) is 0 Å². The van der Waals surface area contributed by atoms with E-state index in [1.54, 1.807) is 0 Å². The standard InChI is InChI=1S/C16H34O5/c1-5-11-17-12-9-10-13-21-16(20-8-4)14-15(18-6-2)19-7-3/h15-16H,5-14H2,1-4H3. The lowest BCUT2D eigenvalue weighted by Crippen LogP contribution is -2.28. The normalized spacial score (nSPS) is 13.0. The van der Waals surface area contributed by atoms with Crippen LogP contribution in [0, 0.1) is 0 Å². The summed E-state index contributed by atoms with van der Waals surface area (Å²) in [6.07, 6.45) is 3.13. The Morgan fingerprint density at radius 2 is 1.14 bits per heavy atom. The minimum Gasteiger partial charge on any atom is -0.381 e. The molecule has 0 saturated carbocycles. The summed E-state index contributed by atoms with van der Waals surface area (Å²) in [5.41, 5.74) is 0. The third kappa shape index (κ3) is 13.2. The molecule has 5 heteroatoms. The summed E-state index contributed by atoms with van der Waals surface area (Å²) >= 11 is 0. The Morgan fingerprint density at radius 1 is 0.619 bits per heavy atom. The molecule has 0 bridgehead atoms. The Kier molecular flexibility index (Phi) is 16.0. The van der Waals surface area contributed by atoms with E-state index >= 15 is 0 Å². The lowest BCUT2D eigenvalue weighted by Gasteiger charge is -2.23. The van der Waals surface area contributed by atoms with Crippen LogP contribution in [0.2, 0.25) is 0 Å². The molecule has 0 fully saturated rings. The monoisotopic (exact) mass is 306 g/mol. The predicted octanol–water partition coefficient (Wildman–Crippen LogP) is 3.36. The van der Waals surface area contributed by atoms with Crippen molar-refractivity contribution in [3.63, 3.8) is 0 Å². The van der Waals surface area contributed by atoms with Crippen molar-refractivity contribution >= 4 is 0 Å². The first kappa shape index (κ1) is 20.8. The molecule has 0 heterocycles. The van der Waals surface area contributed by atoms with Gasteiger partial charge in [0.1, 0.15) is 0 Å². The minimum atomic E-state index is -0.269. The average molecular weight is 306 g/mol. The molecule has 21 heavy (non-hydrogen) atoms. The fraction of sp³-hybridized carbons (Fsp3) is 1.00. The molecule has 0 aliphatic carbocycles. The highest BCUT2D eigenvalue weighted by molar-refractivity contribution is 4.52. The van der Waals surface area contributed by atoms with Crippen LogP contribution < -0.4 is 0 Å². The Labute approximate surface area is 130 Å². The highest BCUT2D eigenvalue weighted by atomic mass is 16.7. The summed E-state index contributed by atoms with van der Waals surface area (Å²) in [5.74, 6) is 0. The summed E-state index contributed by atoms with van der Waals surface area (Å²) in [7, 11) is 0. The number of rotatable bonds is 16. The lowest BCUT2D eigenvalue weighted by molar-refractivity contribution is -0.209. The van der Waals surface area contributed by atoms with Gasteiger partial charge in [-0.2, -0.15) is 0 Å². The van der Waals surface area contributed by atoms with E-state index in [-0.39, 0.29) is 12.6 Å². The van der Waals surface area contributed by atoms with Crippen molar-refractivity contribution in [3.8, 4) is 0 Å². The van der Waals surface area contributed by atoms with Crippen molar-refractivity contribution in [1.82, 2.24) is 0 Å². The average Bonchev–Trinajstić information content (AvgIpc) is 2.47. The lowest BCUT2D eigenvalue weighted by atomic mass is 10.3. The maximum Gasteiger partial charge on any atom is 0.162 e. The zero-order valence-electron chi connectivity index (χ0n) is 14.3. The molecule has 0 N–H and O–H groups in total. The number of hydrogen-bond acceptors (Lipinski definition) is 5. The molecule has 0 rings (SSSR count). The van der Waals surface area contributed by atoms with Crippen molar-refractivity contribution < 1.29 is 23.7 Å². The van der Waals surface area contributed by atoms with Gasteiger partial charge in [0, 0.05) is 46.1 Å². The maximum atomic E-state index is 5.77. The van der Waals surface area contributed by atoms with Gasteiger partial charge in [-0.05, 0) is 40.0 Å². The zero-order chi connectivity index (χ0) is 15.8. The van der Waals surface area contributed by atoms with Gasteiger partial charge < -0.3 is 23.7 Å². The van der Waals surface area contributed by atoms with Gasteiger partial charge in [0.2, 0.25) is 0 Å². The van der Waals surface area contributed by atoms with Crippen LogP contribution in [-0.2, 0) is 23.7 Å². The van der Waals surface area contributed by atoms with Crippen LogP contribution in [0.5, 0.6) is 0 Å². The third-order valence-electron chi connectivity index (χ3n) is 2.78. The van der Waals surface area contributed by atoms with Crippen LogP contribution in [0.3, 0.4) is 0 Å². The highest BCUT2D eigenvalue weighted by Gasteiger charge is 2.17. The van der Waals surface area contributed by atoms with Crippen molar-refractivity contribution in [3.05, 3.63) is 0 Å². The Hall–Kier alpha value is -0.200. The van der Waals surface area contributed by atoms with Gasteiger partial charge >= 0.3 is 0 Å². The summed E-state index contributed by atoms with van der Waals surface area (Å²) in [6, 6.07) is 0. The first-order valence-corrected chi connectivity index (χ1v) is 8.32. The van der Waals surface area contributed by atoms with E-state index in [2.05, 4.69) is 6.92 Å². The zero-order valence-corrected chi connectivity index (χ0v) is 14.3. The first-order chi connectivity index (χ1) is 10.3. The van der Waals surface area contributed by atoms with Crippen LogP contribution in [-0.4, -0.2) is 52.2 Å². The minimum absolute atomic E-state index is 0.260. The molecule has 0 amide bonds. The van der Waals surface area contributed by atoms with E-state index in [9.17, 15) is 0 Å². The van der Waals surface area contributed by atoms with E-state index < -0.39 is 0 Å². The molecule has 0 radical (unpaired) electrons. The summed E-state index contributed by atoms with van der Waals surface area (Å²) < 4.78 is 27.9. The predicted molar refractivity (Wildman–Crippen MR) is 83.4 cm³/mol. The molecule has 0 spiro atoms. The van der Waals surface area contributed by atoms with Crippen molar-refractivity contribution in [2.45, 2.75) is 66.0 Å². The van der Waals surface area contributed by atoms with Gasteiger partial charge in [-0.25, -0.2) is 0 Å². The molecule has 0 saturated heterocycles. The van der Waals surface area contributed by atoms with Gasteiger partial charge in [-0.15, -0.1) is 0 Å². The molecule has 0 aromatic rings. The molecule has 1 atom stereocenters. The van der Waals surface area contributed by atoms with E-state index in [0.29, 0.717) is 32.8 Å². The highest BCUT2D eigenvalue weighted by Crippen LogP contribution is 2.10. The fourth-order valence-electron chi connectivity index (χ4n) is 1.85.